The summed E-state index contributed by atoms with van der Waals surface area (Å²) in [6.45, 7) is 0. The van der Waals surface area contributed by atoms with Crippen LogP contribution in [0.5, 0.6) is 5.75 Å². The van der Waals surface area contributed by atoms with Crippen molar-refractivity contribution in [1.82, 2.24) is 0 Å². The lowest BCUT2D eigenvalue weighted by Gasteiger charge is -2.04. The lowest BCUT2D eigenvalue weighted by atomic mass is 10.0. The summed E-state index contributed by atoms with van der Waals surface area (Å²) in [4.78, 5) is 20.2. The normalized spacial score (nSPS) is 10.1. The second-order valence-electron chi connectivity index (χ2n) is 4.36. The van der Waals surface area contributed by atoms with Crippen LogP contribution in [0.2, 0.25) is 0 Å². The minimum absolute atomic E-state index is 0.447. The van der Waals surface area contributed by atoms with Crippen LogP contribution in [0.4, 0.5) is 11.4 Å². The smallest absolute Gasteiger partial charge is 0.346 e. The molecular formula is C14H12N2O5. The van der Waals surface area contributed by atoms with Crippen molar-refractivity contribution < 1.29 is 14.6 Å². The van der Waals surface area contributed by atoms with E-state index in [-0.39, 0.29) is 0 Å². The minimum atomic E-state index is -0.755. The Bertz CT molecular complexity index is 682. The van der Waals surface area contributed by atoms with Gasteiger partial charge in [-0.25, -0.2) is 0 Å². The molecule has 0 bridgehead atoms. The molecule has 0 N–H and O–H groups in total. The molecule has 2 aromatic carbocycles. The molecule has 0 radical (unpaired) electrons. The maximum atomic E-state index is 10.9. The van der Waals surface area contributed by atoms with Crippen molar-refractivity contribution in [3.05, 3.63) is 73.8 Å². The van der Waals surface area contributed by atoms with Crippen molar-refractivity contribution >= 4 is 11.4 Å². The molecule has 7 nitrogen and oxygen atoms in total. The van der Waals surface area contributed by atoms with Crippen LogP contribution in [0.15, 0.2) is 42.5 Å². The SMILES string of the molecule is COc1ccc(Cc2ccc([N+](=O)[O-])c([N+](=O)[O-])c2)cc1. The highest BCUT2D eigenvalue weighted by atomic mass is 16.6. The van der Waals surface area contributed by atoms with Gasteiger partial charge in [-0.3, -0.25) is 20.2 Å². The van der Waals surface area contributed by atoms with E-state index >= 15 is 0 Å². The first-order valence-corrected chi connectivity index (χ1v) is 6.06. The zero-order valence-electron chi connectivity index (χ0n) is 11.2. The van der Waals surface area contributed by atoms with E-state index in [1.54, 1.807) is 19.2 Å². The molecule has 0 aromatic heterocycles. The Hall–Kier alpha value is -2.96. The molecule has 108 valence electrons. The van der Waals surface area contributed by atoms with Gasteiger partial charge in [-0.2, -0.15) is 0 Å². The van der Waals surface area contributed by atoms with Crippen molar-refractivity contribution in [2.75, 3.05) is 7.11 Å². The molecule has 0 saturated carbocycles. The number of rotatable bonds is 5. The van der Waals surface area contributed by atoms with Gasteiger partial charge in [0.1, 0.15) is 5.75 Å². The lowest BCUT2D eigenvalue weighted by molar-refractivity contribution is -0.422. The van der Waals surface area contributed by atoms with Gasteiger partial charge < -0.3 is 4.74 Å². The van der Waals surface area contributed by atoms with Crippen LogP contribution < -0.4 is 4.74 Å². The molecule has 0 amide bonds. The van der Waals surface area contributed by atoms with E-state index in [1.165, 1.54) is 12.1 Å². The van der Waals surface area contributed by atoms with Crippen molar-refractivity contribution in [1.29, 1.82) is 0 Å². The number of methoxy groups -OCH3 is 1. The number of benzene rings is 2. The van der Waals surface area contributed by atoms with E-state index in [4.69, 9.17) is 4.74 Å². The third kappa shape index (κ3) is 3.33. The van der Waals surface area contributed by atoms with Gasteiger partial charge in [0, 0.05) is 12.1 Å². The zero-order valence-corrected chi connectivity index (χ0v) is 11.2. The first-order valence-electron chi connectivity index (χ1n) is 6.06. The summed E-state index contributed by atoms with van der Waals surface area (Å²) in [7, 11) is 1.56. The van der Waals surface area contributed by atoms with Crippen LogP contribution in [0, 0.1) is 20.2 Å². The summed E-state index contributed by atoms with van der Waals surface area (Å²) in [6.07, 6.45) is 0.447. The van der Waals surface area contributed by atoms with Gasteiger partial charge in [-0.05, 0) is 29.7 Å². The van der Waals surface area contributed by atoms with E-state index < -0.39 is 21.2 Å². The fraction of sp³-hybridized carbons (Fsp3) is 0.143. The fourth-order valence-electron chi connectivity index (χ4n) is 1.96. The van der Waals surface area contributed by atoms with Gasteiger partial charge in [0.25, 0.3) is 0 Å². The average Bonchev–Trinajstić information content (AvgIpc) is 2.47. The van der Waals surface area contributed by atoms with Gasteiger partial charge in [0.05, 0.1) is 17.0 Å². The molecule has 0 spiro atoms. The predicted octanol–water partition coefficient (Wildman–Crippen LogP) is 3.10. The third-order valence-electron chi connectivity index (χ3n) is 3.00. The van der Waals surface area contributed by atoms with Crippen LogP contribution in [0.3, 0.4) is 0 Å². The summed E-state index contributed by atoms with van der Waals surface area (Å²) >= 11 is 0. The highest BCUT2D eigenvalue weighted by Gasteiger charge is 2.23. The number of nitro benzene ring substituents is 2. The topological polar surface area (TPSA) is 95.5 Å². The highest BCUT2D eigenvalue weighted by molar-refractivity contribution is 5.54. The van der Waals surface area contributed by atoms with E-state index in [0.717, 1.165) is 11.6 Å². The Morgan fingerprint density at radius 2 is 1.48 bits per heavy atom. The van der Waals surface area contributed by atoms with E-state index in [9.17, 15) is 20.2 Å². The van der Waals surface area contributed by atoms with Gasteiger partial charge in [0.2, 0.25) is 0 Å². The summed E-state index contributed by atoms with van der Waals surface area (Å²) < 4.78 is 5.05. The zero-order chi connectivity index (χ0) is 15.4. The Labute approximate surface area is 120 Å². The van der Waals surface area contributed by atoms with Gasteiger partial charge in [-0.15, -0.1) is 0 Å². The molecule has 0 aliphatic rings. The average molecular weight is 288 g/mol. The fourth-order valence-corrected chi connectivity index (χ4v) is 1.96. The lowest BCUT2D eigenvalue weighted by Crippen LogP contribution is -1.98. The highest BCUT2D eigenvalue weighted by Crippen LogP contribution is 2.28. The second kappa shape index (κ2) is 6.00. The first kappa shape index (κ1) is 14.4. The quantitative estimate of drug-likeness (QED) is 0.622. The number of hydrogen-bond acceptors (Lipinski definition) is 5. The molecule has 0 aliphatic carbocycles. The predicted molar refractivity (Wildman–Crippen MR) is 75.6 cm³/mol. The van der Waals surface area contributed by atoms with Crippen molar-refractivity contribution in [2.45, 2.75) is 6.42 Å². The van der Waals surface area contributed by atoms with Crippen LogP contribution >= 0.6 is 0 Å². The standard InChI is InChI=1S/C14H12N2O5/c1-21-12-5-2-10(3-6-12)8-11-4-7-13(15(17)18)14(9-11)16(19)20/h2-7,9H,8H2,1H3. The van der Waals surface area contributed by atoms with Crippen molar-refractivity contribution in [3.63, 3.8) is 0 Å². The van der Waals surface area contributed by atoms with E-state index in [0.29, 0.717) is 17.7 Å². The molecule has 0 fully saturated rings. The first-order chi connectivity index (χ1) is 10.0. The van der Waals surface area contributed by atoms with Crippen LogP contribution in [-0.4, -0.2) is 17.0 Å². The van der Waals surface area contributed by atoms with E-state index in [1.807, 2.05) is 12.1 Å². The van der Waals surface area contributed by atoms with Gasteiger partial charge >= 0.3 is 11.4 Å². The molecule has 0 saturated heterocycles. The Morgan fingerprint density at radius 1 is 0.905 bits per heavy atom. The van der Waals surface area contributed by atoms with Crippen molar-refractivity contribution in [3.8, 4) is 5.75 Å². The molecule has 0 heterocycles. The number of ether oxygens (including phenoxy) is 1. The van der Waals surface area contributed by atoms with Crippen molar-refractivity contribution in [2.24, 2.45) is 0 Å². The van der Waals surface area contributed by atoms with E-state index in [2.05, 4.69) is 0 Å². The number of hydrogen-bond donors (Lipinski definition) is 0. The molecule has 0 unspecified atom stereocenters. The third-order valence-corrected chi connectivity index (χ3v) is 3.00. The Kier molecular flexibility index (Phi) is 4.13. The molecular weight excluding hydrogens is 276 g/mol. The van der Waals surface area contributed by atoms with Gasteiger partial charge in [-0.1, -0.05) is 18.2 Å². The number of nitro groups is 2. The molecule has 0 aliphatic heterocycles. The molecule has 0 atom stereocenters. The maximum Gasteiger partial charge on any atom is 0.346 e. The van der Waals surface area contributed by atoms with Crippen LogP contribution in [-0.2, 0) is 6.42 Å². The largest absolute Gasteiger partial charge is 0.497 e. The second-order valence-corrected chi connectivity index (χ2v) is 4.36. The summed E-state index contributed by atoms with van der Waals surface area (Å²) in [5.41, 5.74) is 0.570. The van der Waals surface area contributed by atoms with Gasteiger partial charge in [0.15, 0.2) is 0 Å². The minimum Gasteiger partial charge on any atom is -0.497 e. The summed E-state index contributed by atoms with van der Waals surface area (Å²) in [6, 6.07) is 11.2. The van der Waals surface area contributed by atoms with Crippen LogP contribution in [0.25, 0.3) is 0 Å². The summed E-state index contributed by atoms with van der Waals surface area (Å²) in [5, 5.41) is 21.7. The number of nitrogens with zero attached hydrogens (tertiary/aromatic N) is 2. The summed E-state index contributed by atoms with van der Waals surface area (Å²) in [5.74, 6) is 0.716. The monoisotopic (exact) mass is 288 g/mol. The molecule has 2 rings (SSSR count). The molecule has 21 heavy (non-hydrogen) atoms. The molecule has 2 aromatic rings. The molecule has 7 heteroatoms. The maximum absolute atomic E-state index is 10.9. The van der Waals surface area contributed by atoms with Crippen LogP contribution in [0.1, 0.15) is 11.1 Å². The Morgan fingerprint density at radius 3 is 2.00 bits per heavy atom. The Balaban J connectivity index is 2.29.